The van der Waals surface area contributed by atoms with E-state index in [-0.39, 0.29) is 30.3 Å². The van der Waals surface area contributed by atoms with Crippen molar-refractivity contribution in [1.82, 2.24) is 3.97 Å². The van der Waals surface area contributed by atoms with Crippen LogP contribution in [0.4, 0.5) is 4.39 Å². The van der Waals surface area contributed by atoms with Gasteiger partial charge in [0.1, 0.15) is 10.7 Å². The van der Waals surface area contributed by atoms with Gasteiger partial charge in [0.2, 0.25) is 0 Å². The van der Waals surface area contributed by atoms with Gasteiger partial charge >= 0.3 is 5.97 Å². The van der Waals surface area contributed by atoms with Crippen molar-refractivity contribution < 1.29 is 32.6 Å². The summed E-state index contributed by atoms with van der Waals surface area (Å²) in [4.78, 5) is 12.1. The molecule has 0 atom stereocenters. The molecule has 0 spiro atoms. The van der Waals surface area contributed by atoms with Crippen LogP contribution in [0.15, 0.2) is 59.7 Å². The molecule has 2 N–H and O–H groups in total. The predicted molar refractivity (Wildman–Crippen MR) is 149 cm³/mol. The summed E-state index contributed by atoms with van der Waals surface area (Å²) in [6.07, 6.45) is 10.8. The molecule has 0 unspecified atom stereocenters. The fourth-order valence-corrected chi connectivity index (χ4v) is 6.31. The third-order valence-corrected chi connectivity index (χ3v) is 8.31. The van der Waals surface area contributed by atoms with Gasteiger partial charge < -0.3 is 14.9 Å². The van der Waals surface area contributed by atoms with Crippen LogP contribution in [0, 0.1) is 5.82 Å². The lowest BCUT2D eigenvalue weighted by atomic mass is 9.97. The number of aromatic nitrogens is 1. The first-order valence-corrected chi connectivity index (χ1v) is 14.2. The maximum atomic E-state index is 13.8. The third kappa shape index (κ3) is 6.55. The Bertz CT molecular complexity index is 1380. The minimum atomic E-state index is -4.01. The van der Waals surface area contributed by atoms with Gasteiger partial charge in [-0.15, -0.1) is 0 Å². The van der Waals surface area contributed by atoms with E-state index in [1.807, 2.05) is 13.8 Å². The number of halogens is 1. The average Bonchev–Trinajstić information content (AvgIpc) is 3.25. The van der Waals surface area contributed by atoms with Gasteiger partial charge in [0.05, 0.1) is 6.61 Å². The molecule has 204 valence electrons. The average molecular weight is 562 g/mol. The van der Waals surface area contributed by atoms with Gasteiger partial charge in [-0.2, -0.15) is 0 Å². The first-order chi connectivity index (χ1) is 17.9. The number of esters is 1. The van der Waals surface area contributed by atoms with Crippen LogP contribution in [0.1, 0.15) is 63.6 Å². The summed E-state index contributed by atoms with van der Waals surface area (Å²) in [6.45, 7) is 5.37. The van der Waals surface area contributed by atoms with Crippen LogP contribution in [0.5, 0.6) is 0 Å². The summed E-state index contributed by atoms with van der Waals surface area (Å²) in [5.41, 5.74) is 2.40. The number of hydrogen-bond donors (Lipinski definition) is 2. The fraction of sp³-hybridized carbons (Fsp3) is 0.357. The van der Waals surface area contributed by atoms with E-state index in [1.165, 1.54) is 28.4 Å². The Balaban J connectivity index is 2.03. The normalized spacial score (nSPS) is 14.4. The van der Waals surface area contributed by atoms with Gasteiger partial charge in [0, 0.05) is 40.7 Å². The molecule has 38 heavy (non-hydrogen) atoms. The zero-order chi connectivity index (χ0) is 28.1. The maximum absolute atomic E-state index is 13.8. The molecule has 1 aliphatic rings. The maximum Gasteiger partial charge on any atom is 0.366 e. The van der Waals surface area contributed by atoms with Crippen molar-refractivity contribution in [3.63, 3.8) is 0 Å². The number of carbonyl (C=O) groups is 1. The van der Waals surface area contributed by atoms with Gasteiger partial charge in [-0.3, -0.25) is 0 Å². The van der Waals surface area contributed by atoms with Crippen LogP contribution in [0.3, 0.4) is 0 Å². The Morgan fingerprint density at radius 2 is 1.95 bits per heavy atom. The summed E-state index contributed by atoms with van der Waals surface area (Å²) in [6, 6.07) is 5.79. The number of ether oxygens (including phenoxy) is 1. The molecule has 3 rings (SSSR count). The Morgan fingerprint density at radius 1 is 1.26 bits per heavy atom. The van der Waals surface area contributed by atoms with E-state index in [1.54, 1.807) is 43.4 Å². The largest absolute Gasteiger partial charge is 0.462 e. The van der Waals surface area contributed by atoms with Crippen molar-refractivity contribution in [2.24, 2.45) is 0 Å². The lowest BCUT2D eigenvalue weighted by Crippen LogP contribution is -2.39. The summed E-state index contributed by atoms with van der Waals surface area (Å²) >= 11 is 5.35. The summed E-state index contributed by atoms with van der Waals surface area (Å²) in [7, 11) is -4.01. The number of rotatable bonds is 11. The van der Waals surface area contributed by atoms with Crippen molar-refractivity contribution in [3.8, 4) is 11.1 Å². The number of unbranched alkanes of at least 4 members (excludes halogenated alkanes) is 1. The lowest BCUT2D eigenvalue weighted by molar-refractivity contribution is -0.211. The number of nitrogens with zero attached hydrogens (tertiary/aromatic N) is 1. The number of allylic oxidation sites excluding steroid dienone is 5. The van der Waals surface area contributed by atoms with Gasteiger partial charge in [0.25, 0.3) is 15.8 Å². The van der Waals surface area contributed by atoms with Crippen molar-refractivity contribution in [3.05, 3.63) is 76.7 Å². The van der Waals surface area contributed by atoms with Crippen molar-refractivity contribution >= 4 is 39.2 Å². The number of hydrogen-bond acceptors (Lipinski definition) is 7. The molecule has 0 aliphatic heterocycles. The van der Waals surface area contributed by atoms with E-state index in [0.717, 1.165) is 0 Å². The number of benzene rings is 1. The molecule has 0 radical (unpaired) electrons. The molecule has 1 aromatic heterocycles. The first-order valence-electron chi connectivity index (χ1n) is 12.4. The molecule has 1 heterocycles. The van der Waals surface area contributed by atoms with E-state index < -0.39 is 27.6 Å². The van der Waals surface area contributed by atoms with Crippen LogP contribution in [-0.4, -0.2) is 45.8 Å². The predicted octanol–water partition coefficient (Wildman–Crippen LogP) is 5.24. The molecule has 1 aromatic carbocycles. The highest BCUT2D eigenvalue weighted by molar-refractivity contribution is 7.97. The molecule has 0 saturated carbocycles. The number of thiocarbonyl (C=S) groups is 1. The summed E-state index contributed by atoms with van der Waals surface area (Å²) < 4.78 is 47.1. The first kappa shape index (κ1) is 29.6. The Labute approximate surface area is 228 Å². The molecule has 0 bridgehead atoms. The third-order valence-electron chi connectivity index (χ3n) is 6.03. The highest BCUT2D eigenvalue weighted by Crippen LogP contribution is 2.36. The molecule has 7 nitrogen and oxygen atoms in total. The molecule has 0 saturated heterocycles. The summed E-state index contributed by atoms with van der Waals surface area (Å²) in [5.74, 6) is -4.30. The highest BCUT2D eigenvalue weighted by atomic mass is 32.2. The fourth-order valence-electron chi connectivity index (χ4n) is 4.19. The van der Waals surface area contributed by atoms with Crippen LogP contribution in [0.2, 0.25) is 0 Å². The Morgan fingerprint density at radius 3 is 2.55 bits per heavy atom. The van der Waals surface area contributed by atoms with Crippen LogP contribution < -0.4 is 0 Å². The summed E-state index contributed by atoms with van der Waals surface area (Å²) in [5, 5.41) is 19.9. The minimum absolute atomic E-state index is 0.0313. The SMILES string of the molecule is CCOC(=O)C(O)(O)CCC/C=C/c1c(-c2ccc(F)cc2)cn(S(=O)(=O)C2=CC=CCC2=S)c1C(C)C. The second kappa shape index (κ2) is 12.3. The molecule has 1 aliphatic carbocycles. The smallest absolute Gasteiger partial charge is 0.366 e. The van der Waals surface area contributed by atoms with Gasteiger partial charge in [0.15, 0.2) is 0 Å². The zero-order valence-electron chi connectivity index (χ0n) is 21.6. The minimum Gasteiger partial charge on any atom is -0.462 e. The topological polar surface area (TPSA) is 106 Å². The Hall–Kier alpha value is -2.92. The van der Waals surface area contributed by atoms with E-state index in [9.17, 15) is 27.8 Å². The number of carbonyl (C=O) groups excluding carboxylic acids is 1. The molecule has 0 amide bonds. The quantitative estimate of drug-likeness (QED) is 0.167. The second-order valence-electron chi connectivity index (χ2n) is 9.22. The molecule has 10 heteroatoms. The molecule has 0 fully saturated rings. The number of aliphatic hydroxyl groups is 2. The van der Waals surface area contributed by atoms with E-state index in [4.69, 9.17) is 12.2 Å². The monoisotopic (exact) mass is 561 g/mol. The van der Waals surface area contributed by atoms with Crippen molar-refractivity contribution in [1.29, 1.82) is 0 Å². The Kier molecular flexibility index (Phi) is 9.59. The molecule has 2 aromatic rings. The zero-order valence-corrected chi connectivity index (χ0v) is 23.2. The van der Waals surface area contributed by atoms with E-state index in [0.29, 0.717) is 40.1 Å². The molecular weight excluding hydrogens is 529 g/mol. The van der Waals surface area contributed by atoms with Crippen molar-refractivity contribution in [2.45, 2.75) is 58.2 Å². The standard InChI is InChI=1S/C28H32FNO6S2/c1-4-36-27(31)28(32,33)17-9-5-6-10-22-23(20-13-15-21(29)16-14-20)18-30(26(22)19(2)3)38(34,35)25-12-8-7-11-24(25)37/h6-8,10,12-16,18-19,32-33H,4-5,9,11,17H2,1-3H3/b10-6+. The van der Waals surface area contributed by atoms with Gasteiger partial charge in [-0.05, 0) is 49.5 Å². The lowest BCUT2D eigenvalue weighted by Gasteiger charge is -2.18. The second-order valence-corrected chi connectivity index (χ2v) is 11.5. The van der Waals surface area contributed by atoms with E-state index in [2.05, 4.69) is 4.74 Å². The highest BCUT2D eigenvalue weighted by Gasteiger charge is 2.34. The van der Waals surface area contributed by atoms with Crippen molar-refractivity contribution in [2.75, 3.05) is 6.61 Å². The van der Waals surface area contributed by atoms with Crippen LogP contribution in [0.25, 0.3) is 17.2 Å². The van der Waals surface area contributed by atoms with Crippen LogP contribution in [-0.2, 0) is 19.6 Å². The van der Waals surface area contributed by atoms with Gasteiger partial charge in [-0.1, -0.05) is 62.5 Å². The van der Waals surface area contributed by atoms with E-state index >= 15 is 0 Å². The van der Waals surface area contributed by atoms with Gasteiger partial charge in [-0.25, -0.2) is 21.6 Å². The van der Waals surface area contributed by atoms with Crippen LogP contribution >= 0.6 is 12.2 Å². The molecular formula is C28H32FNO6S2.